The highest BCUT2D eigenvalue weighted by Crippen LogP contribution is 2.32. The number of rotatable bonds is 7. The van der Waals surface area contributed by atoms with Gasteiger partial charge in [-0.05, 0) is 47.7 Å². The quantitative estimate of drug-likeness (QED) is 0.345. The molecular weight excluding hydrogens is 412 g/mol. The first-order chi connectivity index (χ1) is 14.7. The van der Waals surface area contributed by atoms with Gasteiger partial charge < -0.3 is 4.74 Å². The van der Waals surface area contributed by atoms with Gasteiger partial charge in [-0.15, -0.1) is 11.8 Å². The predicted octanol–water partition coefficient (Wildman–Crippen LogP) is 5.80. The molecule has 0 saturated heterocycles. The van der Waals surface area contributed by atoms with Crippen LogP contribution >= 0.6 is 23.1 Å². The van der Waals surface area contributed by atoms with E-state index in [0.717, 1.165) is 27.1 Å². The molecule has 0 bridgehead atoms. The Morgan fingerprint density at radius 3 is 2.50 bits per heavy atom. The maximum absolute atomic E-state index is 13.3. The number of thioether (sulfide) groups is 1. The molecule has 0 radical (unpaired) electrons. The van der Waals surface area contributed by atoms with Crippen LogP contribution < -0.4 is 9.64 Å². The number of nitrogens with zero attached hydrogens (tertiary/aromatic N) is 2. The number of carbonyl (C=O) groups is 1. The van der Waals surface area contributed by atoms with Gasteiger partial charge in [0.05, 0.1) is 30.3 Å². The number of methoxy groups -OCH3 is 1. The van der Waals surface area contributed by atoms with Gasteiger partial charge in [0.1, 0.15) is 5.75 Å². The van der Waals surface area contributed by atoms with Crippen molar-refractivity contribution in [3.05, 3.63) is 83.9 Å². The fourth-order valence-electron chi connectivity index (χ4n) is 3.18. The van der Waals surface area contributed by atoms with E-state index in [1.807, 2.05) is 66.9 Å². The fourth-order valence-corrected chi connectivity index (χ4v) is 4.60. The fraction of sp³-hybridized carbons (Fsp3) is 0.167. The molecule has 0 N–H and O–H groups in total. The Morgan fingerprint density at radius 2 is 1.80 bits per heavy atom. The van der Waals surface area contributed by atoms with Gasteiger partial charge in [-0.1, -0.05) is 53.8 Å². The van der Waals surface area contributed by atoms with Gasteiger partial charge in [0.2, 0.25) is 5.91 Å². The number of anilines is 1. The molecule has 0 fully saturated rings. The summed E-state index contributed by atoms with van der Waals surface area (Å²) >= 11 is 3.20. The summed E-state index contributed by atoms with van der Waals surface area (Å²) in [5, 5.41) is 0.702. The highest BCUT2D eigenvalue weighted by molar-refractivity contribution is 7.98. The van der Waals surface area contributed by atoms with Crippen LogP contribution in [-0.2, 0) is 17.8 Å². The Kier molecular flexibility index (Phi) is 6.35. The third kappa shape index (κ3) is 4.66. The van der Waals surface area contributed by atoms with Crippen molar-refractivity contribution < 1.29 is 9.53 Å². The molecule has 0 aliphatic rings. The van der Waals surface area contributed by atoms with Crippen molar-refractivity contribution in [2.24, 2.45) is 0 Å². The number of thiazole rings is 1. The number of amides is 1. The summed E-state index contributed by atoms with van der Waals surface area (Å²) in [5.41, 5.74) is 2.94. The summed E-state index contributed by atoms with van der Waals surface area (Å²) < 4.78 is 6.33. The largest absolute Gasteiger partial charge is 0.497 e. The molecule has 1 heterocycles. The van der Waals surface area contributed by atoms with E-state index in [1.54, 1.807) is 23.8 Å². The number of hydrogen-bond acceptors (Lipinski definition) is 5. The standard InChI is InChI=1S/C24H22N2O2S2/c1-28-19-10-13-21-22(15-19)30-24(25-21)26(16-18-6-4-3-5-7-18)23(27)14-17-8-11-20(29-2)12-9-17/h3-13,15H,14,16H2,1-2H3. The molecule has 3 aromatic carbocycles. The zero-order valence-corrected chi connectivity index (χ0v) is 18.5. The number of hydrogen-bond donors (Lipinski definition) is 0. The van der Waals surface area contributed by atoms with E-state index in [1.165, 1.54) is 16.2 Å². The van der Waals surface area contributed by atoms with Crippen molar-refractivity contribution in [3.8, 4) is 5.75 Å². The van der Waals surface area contributed by atoms with Crippen molar-refractivity contribution >= 4 is 44.4 Å². The van der Waals surface area contributed by atoms with E-state index in [2.05, 4.69) is 12.1 Å². The Labute approximate surface area is 184 Å². The van der Waals surface area contributed by atoms with E-state index in [0.29, 0.717) is 18.1 Å². The summed E-state index contributed by atoms with van der Waals surface area (Å²) in [6, 6.07) is 24.0. The molecule has 0 spiro atoms. The van der Waals surface area contributed by atoms with Crippen LogP contribution in [0.15, 0.2) is 77.7 Å². The lowest BCUT2D eigenvalue weighted by molar-refractivity contribution is -0.118. The average molecular weight is 435 g/mol. The molecule has 1 aromatic heterocycles. The van der Waals surface area contributed by atoms with Gasteiger partial charge in [0, 0.05) is 4.90 Å². The number of ether oxygens (including phenoxy) is 1. The number of aromatic nitrogens is 1. The van der Waals surface area contributed by atoms with E-state index in [-0.39, 0.29) is 5.91 Å². The van der Waals surface area contributed by atoms with E-state index >= 15 is 0 Å². The predicted molar refractivity (Wildman–Crippen MR) is 126 cm³/mol. The average Bonchev–Trinajstić information content (AvgIpc) is 3.21. The van der Waals surface area contributed by atoms with Crippen molar-refractivity contribution in [2.45, 2.75) is 17.9 Å². The topological polar surface area (TPSA) is 42.4 Å². The van der Waals surface area contributed by atoms with Gasteiger partial charge in [0.25, 0.3) is 0 Å². The lowest BCUT2D eigenvalue weighted by Gasteiger charge is -2.20. The third-order valence-electron chi connectivity index (χ3n) is 4.81. The molecule has 152 valence electrons. The molecule has 0 atom stereocenters. The highest BCUT2D eigenvalue weighted by Gasteiger charge is 2.21. The molecule has 0 aliphatic heterocycles. The Morgan fingerprint density at radius 1 is 1.03 bits per heavy atom. The summed E-state index contributed by atoms with van der Waals surface area (Å²) in [6.07, 6.45) is 2.38. The molecule has 1 amide bonds. The second-order valence-corrected chi connectivity index (χ2v) is 8.71. The van der Waals surface area contributed by atoms with Crippen LogP contribution in [0.1, 0.15) is 11.1 Å². The summed E-state index contributed by atoms with van der Waals surface area (Å²) in [4.78, 5) is 21.0. The zero-order valence-electron chi connectivity index (χ0n) is 16.9. The monoisotopic (exact) mass is 434 g/mol. The van der Waals surface area contributed by atoms with Crippen LogP contribution in [0.5, 0.6) is 5.75 Å². The number of benzene rings is 3. The lowest BCUT2D eigenvalue weighted by Crippen LogP contribution is -2.31. The van der Waals surface area contributed by atoms with E-state index < -0.39 is 0 Å². The minimum Gasteiger partial charge on any atom is -0.497 e. The number of carbonyl (C=O) groups excluding carboxylic acids is 1. The summed E-state index contributed by atoms with van der Waals surface area (Å²) in [7, 11) is 1.65. The van der Waals surface area contributed by atoms with Crippen LogP contribution in [-0.4, -0.2) is 24.3 Å². The summed E-state index contributed by atoms with van der Waals surface area (Å²) in [5.74, 6) is 0.814. The van der Waals surface area contributed by atoms with Crippen LogP contribution in [0.2, 0.25) is 0 Å². The Hall–Kier alpha value is -2.83. The normalized spacial score (nSPS) is 10.9. The first-order valence-corrected chi connectivity index (χ1v) is 11.6. The smallest absolute Gasteiger partial charge is 0.233 e. The Bertz CT molecular complexity index is 1140. The highest BCUT2D eigenvalue weighted by atomic mass is 32.2. The van der Waals surface area contributed by atoms with Gasteiger partial charge >= 0.3 is 0 Å². The van der Waals surface area contributed by atoms with Crippen molar-refractivity contribution in [3.63, 3.8) is 0 Å². The maximum atomic E-state index is 13.3. The SMILES string of the molecule is COc1ccc2nc(N(Cc3ccccc3)C(=O)Cc3ccc(SC)cc3)sc2c1. The van der Waals surface area contributed by atoms with Gasteiger partial charge in [-0.25, -0.2) is 4.98 Å². The molecule has 0 unspecified atom stereocenters. The molecule has 6 heteroatoms. The van der Waals surface area contributed by atoms with E-state index in [4.69, 9.17) is 9.72 Å². The molecular formula is C24H22N2O2S2. The molecule has 30 heavy (non-hydrogen) atoms. The van der Waals surface area contributed by atoms with Crippen LogP contribution in [0.25, 0.3) is 10.2 Å². The molecule has 0 aliphatic carbocycles. The van der Waals surface area contributed by atoms with Crippen LogP contribution in [0, 0.1) is 0 Å². The Balaban J connectivity index is 1.65. The molecule has 4 rings (SSSR count). The van der Waals surface area contributed by atoms with Gasteiger partial charge in [-0.2, -0.15) is 0 Å². The first-order valence-electron chi connectivity index (χ1n) is 9.58. The third-order valence-corrected chi connectivity index (χ3v) is 6.60. The second kappa shape index (κ2) is 9.32. The van der Waals surface area contributed by atoms with Crippen molar-refractivity contribution in [2.75, 3.05) is 18.3 Å². The van der Waals surface area contributed by atoms with Crippen LogP contribution in [0.4, 0.5) is 5.13 Å². The molecule has 0 saturated carbocycles. The first kappa shape index (κ1) is 20.4. The second-order valence-electron chi connectivity index (χ2n) is 6.82. The lowest BCUT2D eigenvalue weighted by atomic mass is 10.1. The zero-order chi connectivity index (χ0) is 20.9. The maximum Gasteiger partial charge on any atom is 0.233 e. The van der Waals surface area contributed by atoms with Gasteiger partial charge in [0.15, 0.2) is 5.13 Å². The van der Waals surface area contributed by atoms with Gasteiger partial charge in [-0.3, -0.25) is 9.69 Å². The summed E-state index contributed by atoms with van der Waals surface area (Å²) in [6.45, 7) is 0.486. The molecule has 4 nitrogen and oxygen atoms in total. The van der Waals surface area contributed by atoms with Crippen LogP contribution in [0.3, 0.4) is 0 Å². The van der Waals surface area contributed by atoms with E-state index in [9.17, 15) is 4.79 Å². The minimum absolute atomic E-state index is 0.0294. The minimum atomic E-state index is 0.0294. The van der Waals surface area contributed by atoms with Crippen molar-refractivity contribution in [1.29, 1.82) is 0 Å². The molecule has 4 aromatic rings. The van der Waals surface area contributed by atoms with Crippen molar-refractivity contribution in [1.82, 2.24) is 4.98 Å². The number of fused-ring (bicyclic) bond motifs is 1.